The quantitative estimate of drug-likeness (QED) is 0.433. The first-order valence-corrected chi connectivity index (χ1v) is 12.6. The first-order chi connectivity index (χ1) is 17.2. The van der Waals surface area contributed by atoms with Crippen LogP contribution in [0.3, 0.4) is 0 Å². The van der Waals surface area contributed by atoms with E-state index in [4.69, 9.17) is 9.47 Å². The van der Waals surface area contributed by atoms with Gasteiger partial charge in [0, 0.05) is 56.6 Å². The number of aryl methyl sites for hydroxylation is 1. The second-order valence-corrected chi connectivity index (χ2v) is 10.2. The van der Waals surface area contributed by atoms with Gasteiger partial charge in [-0.2, -0.15) is 0 Å². The van der Waals surface area contributed by atoms with Crippen LogP contribution >= 0.6 is 0 Å². The zero-order valence-corrected chi connectivity index (χ0v) is 21.4. The van der Waals surface area contributed by atoms with E-state index in [9.17, 15) is 9.59 Å². The highest BCUT2D eigenvalue weighted by Crippen LogP contribution is 2.31. The molecular weight excluding hydrogens is 461 g/mol. The standard InChI is InChI=1S/C28H34FN3O4/c1-5-6-13-32-18-23(21-9-12-30-17-22(21)26(32)33)19-7-8-25(24(29)16-19)35-20-10-14-31(15-11-20)27(34)36-28(2,3)4/h7-9,12,16-18,20H,5-6,10-11,13-15H2,1-4H3. The summed E-state index contributed by atoms with van der Waals surface area (Å²) in [5.41, 5.74) is 0.814. The largest absolute Gasteiger partial charge is 0.487 e. The van der Waals surface area contributed by atoms with E-state index in [0.29, 0.717) is 43.4 Å². The molecule has 3 heterocycles. The molecule has 0 N–H and O–H groups in total. The van der Waals surface area contributed by atoms with E-state index in [0.717, 1.165) is 23.8 Å². The fraction of sp³-hybridized carbons (Fsp3) is 0.464. The molecule has 1 aliphatic rings. The van der Waals surface area contributed by atoms with Gasteiger partial charge in [0.25, 0.3) is 5.56 Å². The van der Waals surface area contributed by atoms with Gasteiger partial charge in [-0.15, -0.1) is 0 Å². The van der Waals surface area contributed by atoms with Gasteiger partial charge in [-0.3, -0.25) is 9.78 Å². The summed E-state index contributed by atoms with van der Waals surface area (Å²) in [6, 6.07) is 6.70. The van der Waals surface area contributed by atoms with Crippen LogP contribution in [0.15, 0.2) is 47.7 Å². The van der Waals surface area contributed by atoms with Crippen LogP contribution in [0.4, 0.5) is 9.18 Å². The number of nitrogens with zero attached hydrogens (tertiary/aromatic N) is 3. The summed E-state index contributed by atoms with van der Waals surface area (Å²) >= 11 is 0. The Labute approximate surface area is 210 Å². The number of rotatable bonds is 6. The number of carbonyl (C=O) groups excluding carboxylic acids is 1. The molecule has 0 atom stereocenters. The number of carbonyl (C=O) groups is 1. The summed E-state index contributed by atoms with van der Waals surface area (Å²) in [6.07, 6.45) is 7.53. The monoisotopic (exact) mass is 495 g/mol. The van der Waals surface area contributed by atoms with Crippen LogP contribution in [0.25, 0.3) is 21.9 Å². The summed E-state index contributed by atoms with van der Waals surface area (Å²) in [4.78, 5) is 31.0. The van der Waals surface area contributed by atoms with Gasteiger partial charge in [-0.05, 0) is 56.3 Å². The lowest BCUT2D eigenvalue weighted by Gasteiger charge is -2.33. The van der Waals surface area contributed by atoms with Crippen LogP contribution in [0.5, 0.6) is 5.75 Å². The van der Waals surface area contributed by atoms with Crippen molar-refractivity contribution in [1.29, 1.82) is 0 Å². The van der Waals surface area contributed by atoms with Gasteiger partial charge in [0.15, 0.2) is 11.6 Å². The molecule has 7 nitrogen and oxygen atoms in total. The molecule has 0 radical (unpaired) electrons. The SMILES string of the molecule is CCCCn1cc(-c2ccc(OC3CCN(C(=O)OC(C)(C)C)CC3)c(F)c2)c2ccncc2c1=O. The minimum absolute atomic E-state index is 0.0894. The lowest BCUT2D eigenvalue weighted by Crippen LogP contribution is -2.44. The summed E-state index contributed by atoms with van der Waals surface area (Å²) in [6.45, 7) is 9.19. The molecule has 1 aliphatic heterocycles. The number of hydrogen-bond donors (Lipinski definition) is 0. The molecule has 0 saturated carbocycles. The molecule has 0 aliphatic carbocycles. The number of halogens is 1. The highest BCUT2D eigenvalue weighted by molar-refractivity contribution is 5.95. The van der Waals surface area contributed by atoms with Crippen molar-refractivity contribution in [2.24, 2.45) is 0 Å². The Balaban J connectivity index is 1.51. The third kappa shape index (κ3) is 5.86. The average Bonchev–Trinajstić information content (AvgIpc) is 2.84. The molecule has 192 valence electrons. The van der Waals surface area contributed by atoms with Gasteiger partial charge in [-0.25, -0.2) is 9.18 Å². The van der Waals surface area contributed by atoms with Crippen LogP contribution in [0, 0.1) is 5.82 Å². The van der Waals surface area contributed by atoms with Crippen molar-refractivity contribution in [3.8, 4) is 16.9 Å². The Morgan fingerprint density at radius 1 is 1.17 bits per heavy atom. The van der Waals surface area contributed by atoms with E-state index < -0.39 is 11.4 Å². The molecule has 0 spiro atoms. The number of fused-ring (bicyclic) bond motifs is 1. The molecule has 2 aromatic heterocycles. The minimum atomic E-state index is -0.541. The summed E-state index contributed by atoms with van der Waals surface area (Å²) in [5, 5.41) is 1.26. The topological polar surface area (TPSA) is 73.7 Å². The Hall–Kier alpha value is -3.42. The van der Waals surface area contributed by atoms with Gasteiger partial charge in [0.2, 0.25) is 0 Å². The zero-order valence-electron chi connectivity index (χ0n) is 21.4. The highest BCUT2D eigenvalue weighted by Gasteiger charge is 2.28. The lowest BCUT2D eigenvalue weighted by atomic mass is 10.0. The lowest BCUT2D eigenvalue weighted by molar-refractivity contribution is 0.0123. The smallest absolute Gasteiger partial charge is 0.410 e. The van der Waals surface area contributed by atoms with Crippen molar-refractivity contribution in [2.75, 3.05) is 13.1 Å². The maximum absolute atomic E-state index is 15.2. The Morgan fingerprint density at radius 3 is 2.58 bits per heavy atom. The number of ether oxygens (including phenoxy) is 2. The van der Waals surface area contributed by atoms with Crippen LogP contribution in [-0.2, 0) is 11.3 Å². The fourth-order valence-corrected chi connectivity index (χ4v) is 4.39. The molecule has 1 saturated heterocycles. The third-order valence-electron chi connectivity index (χ3n) is 6.27. The van der Waals surface area contributed by atoms with Gasteiger partial charge in [-0.1, -0.05) is 19.4 Å². The molecule has 0 bridgehead atoms. The molecule has 8 heteroatoms. The van der Waals surface area contributed by atoms with Crippen molar-refractivity contribution in [2.45, 2.75) is 71.6 Å². The molecule has 4 rings (SSSR count). The average molecular weight is 496 g/mol. The molecule has 1 amide bonds. The van der Waals surface area contributed by atoms with Crippen molar-refractivity contribution in [3.05, 3.63) is 59.0 Å². The Morgan fingerprint density at radius 2 is 1.92 bits per heavy atom. The van der Waals surface area contributed by atoms with E-state index in [1.165, 1.54) is 6.07 Å². The molecule has 1 fully saturated rings. The number of unbranched alkanes of at least 4 members (excludes halogenated alkanes) is 1. The van der Waals surface area contributed by atoms with Crippen molar-refractivity contribution in [1.82, 2.24) is 14.5 Å². The molecule has 0 unspecified atom stereocenters. The number of hydrogen-bond acceptors (Lipinski definition) is 5. The van der Waals surface area contributed by atoms with E-state index in [2.05, 4.69) is 11.9 Å². The van der Waals surface area contributed by atoms with Crippen molar-refractivity contribution in [3.63, 3.8) is 0 Å². The Kier molecular flexibility index (Phi) is 7.62. The highest BCUT2D eigenvalue weighted by atomic mass is 19.1. The van der Waals surface area contributed by atoms with Gasteiger partial charge in [0.05, 0.1) is 5.39 Å². The second kappa shape index (κ2) is 10.7. The van der Waals surface area contributed by atoms with Gasteiger partial charge >= 0.3 is 6.09 Å². The molecular formula is C28H34FN3O4. The summed E-state index contributed by atoms with van der Waals surface area (Å²) in [7, 11) is 0. The predicted molar refractivity (Wildman–Crippen MR) is 138 cm³/mol. The number of pyridine rings is 2. The maximum Gasteiger partial charge on any atom is 0.410 e. The predicted octanol–water partition coefficient (Wildman–Crippen LogP) is 5.78. The number of benzene rings is 1. The van der Waals surface area contributed by atoms with E-state index in [-0.39, 0.29) is 23.5 Å². The Bertz CT molecular complexity index is 1290. The first kappa shape index (κ1) is 25.7. The van der Waals surface area contributed by atoms with Crippen LogP contribution in [0.1, 0.15) is 53.4 Å². The van der Waals surface area contributed by atoms with Gasteiger partial charge in [0.1, 0.15) is 11.7 Å². The summed E-state index contributed by atoms with van der Waals surface area (Å²) < 4.78 is 28.3. The van der Waals surface area contributed by atoms with E-state index in [1.807, 2.05) is 33.0 Å². The first-order valence-electron chi connectivity index (χ1n) is 12.6. The minimum Gasteiger partial charge on any atom is -0.487 e. The zero-order chi connectivity index (χ0) is 25.9. The maximum atomic E-state index is 15.2. The number of likely N-dealkylation sites (tertiary alicyclic amines) is 1. The van der Waals surface area contributed by atoms with Crippen LogP contribution in [-0.4, -0.2) is 45.3 Å². The third-order valence-corrected chi connectivity index (χ3v) is 6.27. The molecule has 36 heavy (non-hydrogen) atoms. The van der Waals surface area contributed by atoms with E-state index in [1.54, 1.807) is 34.0 Å². The van der Waals surface area contributed by atoms with Crippen LogP contribution in [0.2, 0.25) is 0 Å². The van der Waals surface area contributed by atoms with Crippen molar-refractivity contribution >= 4 is 16.9 Å². The normalized spacial score (nSPS) is 14.8. The fourth-order valence-electron chi connectivity index (χ4n) is 4.39. The number of amides is 1. The van der Waals surface area contributed by atoms with Crippen LogP contribution < -0.4 is 10.3 Å². The molecule has 3 aromatic rings. The number of piperidine rings is 1. The second-order valence-electron chi connectivity index (χ2n) is 10.2. The number of aromatic nitrogens is 2. The molecule has 1 aromatic carbocycles. The summed E-state index contributed by atoms with van der Waals surface area (Å²) in [5.74, 6) is -0.282. The van der Waals surface area contributed by atoms with Gasteiger partial charge < -0.3 is 18.9 Å². The van der Waals surface area contributed by atoms with Crippen molar-refractivity contribution < 1.29 is 18.7 Å². The van der Waals surface area contributed by atoms with E-state index >= 15 is 4.39 Å².